The third kappa shape index (κ3) is 4.95. The monoisotopic (exact) mass is 254 g/mol. The quantitative estimate of drug-likeness (QED) is 0.614. The van der Waals surface area contributed by atoms with Gasteiger partial charge in [0.15, 0.2) is 5.44 Å². The molecule has 0 heterocycles. The molecular weight excluding hydrogens is 239 g/mol. The molecule has 6 heteroatoms. The molecule has 1 aromatic rings. The van der Waals surface area contributed by atoms with Gasteiger partial charge in [-0.3, -0.25) is 4.55 Å². The van der Waals surface area contributed by atoms with Gasteiger partial charge in [-0.2, -0.15) is 8.42 Å². The standard InChI is InChI=1S/C10H14O4S.Na.H/c1-8(7-10(11)15(12,13)14)9-5-3-2-4-6-9;;/h2-6,8,10-11H,7H2,1H3,(H,12,13,14);;. The van der Waals surface area contributed by atoms with Crippen LogP contribution in [0.3, 0.4) is 0 Å². The van der Waals surface area contributed by atoms with Gasteiger partial charge < -0.3 is 5.11 Å². The minimum absolute atomic E-state index is 0. The van der Waals surface area contributed by atoms with E-state index in [1.807, 2.05) is 30.3 Å². The number of aliphatic hydroxyl groups excluding tert-OH is 1. The third-order valence-corrected chi connectivity index (χ3v) is 3.15. The summed E-state index contributed by atoms with van der Waals surface area (Å²) in [4.78, 5) is 0. The molecule has 0 aromatic heterocycles. The number of hydrogen-bond donors (Lipinski definition) is 2. The molecule has 0 spiro atoms. The predicted octanol–water partition coefficient (Wildman–Crippen LogP) is 0.738. The van der Waals surface area contributed by atoms with E-state index in [1.165, 1.54) is 0 Å². The average molecular weight is 254 g/mol. The summed E-state index contributed by atoms with van der Waals surface area (Å²) in [5.41, 5.74) is -0.784. The molecule has 0 radical (unpaired) electrons. The van der Waals surface area contributed by atoms with E-state index in [9.17, 15) is 13.5 Å². The Bertz CT molecular complexity index is 404. The van der Waals surface area contributed by atoms with Crippen molar-refractivity contribution in [1.29, 1.82) is 0 Å². The molecule has 0 fully saturated rings. The molecule has 0 aliphatic rings. The van der Waals surface area contributed by atoms with E-state index in [0.29, 0.717) is 0 Å². The van der Waals surface area contributed by atoms with Gasteiger partial charge in [0.25, 0.3) is 10.1 Å². The van der Waals surface area contributed by atoms with Gasteiger partial charge >= 0.3 is 29.6 Å². The molecule has 1 aromatic carbocycles. The Morgan fingerprint density at radius 3 is 2.19 bits per heavy atom. The van der Waals surface area contributed by atoms with Crippen LogP contribution in [-0.2, 0) is 10.1 Å². The predicted molar refractivity (Wildman–Crippen MR) is 64.2 cm³/mol. The number of benzene rings is 1. The second kappa shape index (κ2) is 6.74. The van der Waals surface area contributed by atoms with Gasteiger partial charge in [0.2, 0.25) is 0 Å². The fourth-order valence-electron chi connectivity index (χ4n) is 1.34. The molecule has 4 nitrogen and oxygen atoms in total. The van der Waals surface area contributed by atoms with Gasteiger partial charge in [0.05, 0.1) is 0 Å². The van der Waals surface area contributed by atoms with Crippen molar-refractivity contribution in [3.8, 4) is 0 Å². The molecule has 2 unspecified atom stereocenters. The van der Waals surface area contributed by atoms with E-state index in [-0.39, 0.29) is 41.9 Å². The van der Waals surface area contributed by atoms with Gasteiger partial charge in [0, 0.05) is 0 Å². The molecule has 0 saturated carbocycles. The fraction of sp³-hybridized carbons (Fsp3) is 0.400. The van der Waals surface area contributed by atoms with Crippen LogP contribution in [0.4, 0.5) is 0 Å². The summed E-state index contributed by atoms with van der Waals surface area (Å²) in [5, 5.41) is 9.18. The van der Waals surface area contributed by atoms with Gasteiger partial charge in [-0.15, -0.1) is 0 Å². The summed E-state index contributed by atoms with van der Waals surface area (Å²) in [5.74, 6) is -0.122. The Morgan fingerprint density at radius 1 is 1.25 bits per heavy atom. The summed E-state index contributed by atoms with van der Waals surface area (Å²) in [6.45, 7) is 1.80. The second-order valence-corrected chi connectivity index (χ2v) is 5.09. The summed E-state index contributed by atoms with van der Waals surface area (Å²) >= 11 is 0. The first-order valence-corrected chi connectivity index (χ1v) is 6.11. The first kappa shape index (κ1) is 16.1. The van der Waals surface area contributed by atoms with Crippen molar-refractivity contribution in [3.63, 3.8) is 0 Å². The van der Waals surface area contributed by atoms with Crippen LogP contribution in [0.15, 0.2) is 30.3 Å². The van der Waals surface area contributed by atoms with Gasteiger partial charge in [-0.25, -0.2) is 0 Å². The molecule has 2 N–H and O–H groups in total. The van der Waals surface area contributed by atoms with Crippen LogP contribution in [0, 0.1) is 0 Å². The average Bonchev–Trinajstić information content (AvgIpc) is 2.17. The summed E-state index contributed by atoms with van der Waals surface area (Å²) in [6, 6.07) is 9.23. The first-order valence-electron chi connectivity index (χ1n) is 4.60. The van der Waals surface area contributed by atoms with E-state index >= 15 is 0 Å². The van der Waals surface area contributed by atoms with Crippen LogP contribution in [0.2, 0.25) is 0 Å². The molecule has 16 heavy (non-hydrogen) atoms. The SMILES string of the molecule is CC(CC(O)S(=O)(=O)O)c1ccccc1.[NaH]. The zero-order valence-electron chi connectivity index (χ0n) is 8.37. The first-order chi connectivity index (χ1) is 6.91. The number of rotatable bonds is 4. The molecule has 0 aliphatic carbocycles. The zero-order chi connectivity index (χ0) is 11.5. The Labute approximate surface area is 118 Å². The van der Waals surface area contributed by atoms with Crippen LogP contribution in [-0.4, -0.2) is 53.1 Å². The van der Waals surface area contributed by atoms with E-state index in [0.717, 1.165) is 5.56 Å². The van der Waals surface area contributed by atoms with E-state index in [2.05, 4.69) is 0 Å². The Balaban J connectivity index is 0.00000225. The molecule has 0 aliphatic heterocycles. The molecule has 0 amide bonds. The van der Waals surface area contributed by atoms with Crippen LogP contribution in [0.1, 0.15) is 24.8 Å². The Kier molecular flexibility index (Phi) is 6.77. The van der Waals surface area contributed by atoms with Crippen LogP contribution < -0.4 is 0 Å². The zero-order valence-corrected chi connectivity index (χ0v) is 9.18. The van der Waals surface area contributed by atoms with Crippen molar-refractivity contribution >= 4 is 39.7 Å². The fourth-order valence-corrected chi connectivity index (χ4v) is 1.87. The normalized spacial score (nSPS) is 14.9. The summed E-state index contributed by atoms with van der Waals surface area (Å²) in [6.07, 6.45) is -0.0111. The maximum atomic E-state index is 10.6. The van der Waals surface area contributed by atoms with Crippen molar-refractivity contribution < 1.29 is 18.1 Å². The van der Waals surface area contributed by atoms with Crippen LogP contribution in [0.25, 0.3) is 0 Å². The number of hydrogen-bond acceptors (Lipinski definition) is 3. The third-order valence-electron chi connectivity index (χ3n) is 2.27. The van der Waals surface area contributed by atoms with E-state index in [1.54, 1.807) is 6.92 Å². The Morgan fingerprint density at radius 2 is 1.75 bits per heavy atom. The van der Waals surface area contributed by atoms with Crippen molar-refractivity contribution in [1.82, 2.24) is 0 Å². The molecular formula is C10H15NaO4S. The molecule has 86 valence electrons. The molecule has 1 rings (SSSR count). The minimum atomic E-state index is -4.35. The van der Waals surface area contributed by atoms with Gasteiger partial charge in [-0.05, 0) is 17.9 Å². The van der Waals surface area contributed by atoms with Crippen LogP contribution in [0.5, 0.6) is 0 Å². The van der Waals surface area contributed by atoms with E-state index in [4.69, 9.17) is 4.55 Å². The van der Waals surface area contributed by atoms with Crippen molar-refractivity contribution in [2.24, 2.45) is 0 Å². The topological polar surface area (TPSA) is 74.6 Å². The maximum absolute atomic E-state index is 10.6. The molecule has 2 atom stereocenters. The summed E-state index contributed by atoms with van der Waals surface area (Å²) in [7, 11) is -4.35. The van der Waals surface area contributed by atoms with Crippen molar-refractivity contribution in [2.45, 2.75) is 24.7 Å². The van der Waals surface area contributed by atoms with Gasteiger partial charge in [-0.1, -0.05) is 37.3 Å². The molecule has 0 saturated heterocycles. The Hall–Kier alpha value is 0.0900. The van der Waals surface area contributed by atoms with Gasteiger partial charge in [0.1, 0.15) is 0 Å². The number of aliphatic hydroxyl groups is 1. The van der Waals surface area contributed by atoms with Crippen molar-refractivity contribution in [3.05, 3.63) is 35.9 Å². The summed E-state index contributed by atoms with van der Waals surface area (Å²) < 4.78 is 29.8. The van der Waals surface area contributed by atoms with Crippen molar-refractivity contribution in [2.75, 3.05) is 0 Å². The molecule has 0 bridgehead atoms. The van der Waals surface area contributed by atoms with Crippen LogP contribution >= 0.6 is 0 Å². The van der Waals surface area contributed by atoms with E-state index < -0.39 is 15.6 Å². The second-order valence-electron chi connectivity index (χ2n) is 3.52.